The van der Waals surface area contributed by atoms with Crippen LogP contribution in [0, 0.1) is 5.41 Å². The lowest BCUT2D eigenvalue weighted by Gasteiger charge is -2.25. The Bertz CT molecular complexity index is 581. The molecule has 7 nitrogen and oxygen atoms in total. The summed E-state index contributed by atoms with van der Waals surface area (Å²) in [5.74, 6) is -0.571. The van der Waals surface area contributed by atoms with E-state index >= 15 is 0 Å². The zero-order chi connectivity index (χ0) is 18.3. The average molecular weight is 338 g/mol. The van der Waals surface area contributed by atoms with Gasteiger partial charge in [-0.2, -0.15) is 0 Å². The lowest BCUT2D eigenvalue weighted by molar-refractivity contribution is -0.136. The monoisotopic (exact) mass is 338 g/mol. The zero-order valence-corrected chi connectivity index (χ0v) is 14.8. The number of hydrogen-bond donors (Lipinski definition) is 3. The normalized spacial score (nSPS) is 12.2. The minimum atomic E-state index is -0.785. The van der Waals surface area contributed by atoms with Crippen molar-refractivity contribution in [2.45, 2.75) is 33.3 Å². The number of ether oxygens (including phenoxy) is 2. The third-order valence-electron chi connectivity index (χ3n) is 3.55. The summed E-state index contributed by atoms with van der Waals surface area (Å²) in [6.45, 7) is 5.94. The van der Waals surface area contributed by atoms with Crippen LogP contribution < -0.4 is 20.1 Å². The van der Waals surface area contributed by atoms with E-state index in [-0.39, 0.29) is 12.0 Å². The average Bonchev–Trinajstić information content (AvgIpc) is 2.53. The molecule has 2 amide bonds. The van der Waals surface area contributed by atoms with Crippen LogP contribution in [0.3, 0.4) is 0 Å². The number of carbonyl (C=O) groups is 2. The number of amides is 2. The number of hydrogen-bond acceptors (Lipinski definition) is 5. The van der Waals surface area contributed by atoms with E-state index in [1.54, 1.807) is 18.2 Å². The molecule has 0 bridgehead atoms. The molecular weight excluding hydrogens is 312 g/mol. The van der Waals surface area contributed by atoms with E-state index in [0.717, 1.165) is 0 Å². The summed E-state index contributed by atoms with van der Waals surface area (Å²) >= 11 is 0. The van der Waals surface area contributed by atoms with E-state index in [2.05, 4.69) is 10.6 Å². The molecule has 24 heavy (non-hydrogen) atoms. The Kier molecular flexibility index (Phi) is 7.03. The van der Waals surface area contributed by atoms with Crippen molar-refractivity contribution in [1.82, 2.24) is 5.32 Å². The summed E-state index contributed by atoms with van der Waals surface area (Å²) in [5, 5.41) is 14.9. The quantitative estimate of drug-likeness (QED) is 0.684. The summed E-state index contributed by atoms with van der Waals surface area (Å²) in [7, 11) is 2.99. The van der Waals surface area contributed by atoms with Gasteiger partial charge in [0.25, 0.3) is 0 Å². The number of rotatable bonds is 6. The molecule has 0 aliphatic rings. The molecule has 0 saturated heterocycles. The number of methoxy groups -OCH3 is 2. The maximum absolute atomic E-state index is 11.9. The topological polar surface area (TPSA) is 96.9 Å². The minimum Gasteiger partial charge on any atom is -0.493 e. The molecule has 0 saturated carbocycles. The molecular formula is C17H26N2O5. The fraction of sp³-hybridized carbons (Fsp3) is 0.529. The molecule has 7 heteroatoms. The van der Waals surface area contributed by atoms with Crippen LogP contribution >= 0.6 is 0 Å². The summed E-state index contributed by atoms with van der Waals surface area (Å²) in [6, 6.07) is 4.80. The Balaban J connectivity index is 2.54. The molecule has 0 aliphatic carbocycles. The first-order valence-electron chi connectivity index (χ1n) is 7.68. The Labute approximate surface area is 142 Å². The smallest absolute Gasteiger partial charge is 0.313 e. The van der Waals surface area contributed by atoms with Crippen molar-refractivity contribution in [3.8, 4) is 11.5 Å². The highest BCUT2D eigenvalue weighted by atomic mass is 16.5. The van der Waals surface area contributed by atoms with Crippen LogP contribution in [0.4, 0.5) is 5.69 Å². The molecule has 1 aromatic carbocycles. The van der Waals surface area contributed by atoms with Gasteiger partial charge >= 0.3 is 11.8 Å². The van der Waals surface area contributed by atoms with Crippen molar-refractivity contribution in [3.63, 3.8) is 0 Å². The largest absolute Gasteiger partial charge is 0.493 e. The predicted molar refractivity (Wildman–Crippen MR) is 91.3 cm³/mol. The van der Waals surface area contributed by atoms with Gasteiger partial charge in [0.2, 0.25) is 0 Å². The Morgan fingerprint density at radius 1 is 1.12 bits per heavy atom. The van der Waals surface area contributed by atoms with Crippen molar-refractivity contribution in [1.29, 1.82) is 0 Å². The number of nitrogens with one attached hydrogen (secondary N) is 2. The molecule has 134 valence electrons. The Morgan fingerprint density at radius 2 is 1.75 bits per heavy atom. The van der Waals surface area contributed by atoms with E-state index < -0.39 is 17.9 Å². The van der Waals surface area contributed by atoms with Gasteiger partial charge in [-0.1, -0.05) is 20.8 Å². The second-order valence-corrected chi connectivity index (χ2v) is 6.45. The molecule has 0 fully saturated rings. The van der Waals surface area contributed by atoms with Crippen LogP contribution in [0.1, 0.15) is 27.2 Å². The molecule has 0 heterocycles. The first kappa shape index (κ1) is 19.8. The molecule has 3 N–H and O–H groups in total. The first-order chi connectivity index (χ1) is 11.2. The van der Waals surface area contributed by atoms with E-state index in [1.807, 2.05) is 20.8 Å². The van der Waals surface area contributed by atoms with Gasteiger partial charge in [-0.3, -0.25) is 9.59 Å². The molecule has 0 spiro atoms. The van der Waals surface area contributed by atoms with E-state index in [1.165, 1.54) is 14.2 Å². The van der Waals surface area contributed by atoms with Gasteiger partial charge in [0, 0.05) is 18.3 Å². The second kappa shape index (κ2) is 8.54. The van der Waals surface area contributed by atoms with Crippen molar-refractivity contribution < 1.29 is 24.2 Å². The van der Waals surface area contributed by atoms with Gasteiger partial charge in [0.1, 0.15) is 0 Å². The number of anilines is 1. The van der Waals surface area contributed by atoms with Gasteiger partial charge < -0.3 is 25.2 Å². The maximum Gasteiger partial charge on any atom is 0.313 e. The predicted octanol–water partition coefficient (Wildman–Crippen LogP) is 1.56. The van der Waals surface area contributed by atoms with Gasteiger partial charge in [-0.05, 0) is 24.0 Å². The van der Waals surface area contributed by atoms with Gasteiger partial charge in [-0.15, -0.1) is 0 Å². The number of benzene rings is 1. The van der Waals surface area contributed by atoms with Crippen molar-refractivity contribution in [2.24, 2.45) is 5.41 Å². The zero-order valence-electron chi connectivity index (χ0n) is 14.8. The van der Waals surface area contributed by atoms with Crippen LogP contribution in [0.5, 0.6) is 11.5 Å². The molecule has 0 radical (unpaired) electrons. The van der Waals surface area contributed by atoms with Crippen LogP contribution in [-0.4, -0.2) is 43.8 Å². The fourth-order valence-corrected chi connectivity index (χ4v) is 1.94. The highest BCUT2D eigenvalue weighted by molar-refractivity contribution is 6.39. The molecule has 1 atom stereocenters. The van der Waals surface area contributed by atoms with E-state index in [9.17, 15) is 14.7 Å². The Morgan fingerprint density at radius 3 is 2.29 bits per heavy atom. The van der Waals surface area contributed by atoms with Crippen LogP contribution in [0.25, 0.3) is 0 Å². The summed E-state index contributed by atoms with van der Waals surface area (Å²) < 4.78 is 10.2. The van der Waals surface area contributed by atoms with Crippen LogP contribution in [-0.2, 0) is 9.59 Å². The lowest BCUT2D eigenvalue weighted by Crippen LogP contribution is -2.38. The van der Waals surface area contributed by atoms with Crippen molar-refractivity contribution >= 4 is 17.5 Å². The molecule has 0 aromatic heterocycles. The van der Waals surface area contributed by atoms with Gasteiger partial charge in [0.05, 0.1) is 20.3 Å². The number of aliphatic hydroxyl groups is 1. The molecule has 0 aliphatic heterocycles. The van der Waals surface area contributed by atoms with Gasteiger partial charge in [0.15, 0.2) is 11.5 Å². The lowest BCUT2D eigenvalue weighted by atomic mass is 9.87. The standard InChI is InChI=1S/C17H26N2O5/c1-17(2,3)14(20)8-9-18-15(21)16(22)19-11-6-7-12(23-4)13(10-11)24-5/h6-7,10,14,20H,8-9H2,1-5H3,(H,18,21)(H,19,22). The fourth-order valence-electron chi connectivity index (χ4n) is 1.94. The van der Waals surface area contributed by atoms with Crippen molar-refractivity contribution in [3.05, 3.63) is 18.2 Å². The highest BCUT2D eigenvalue weighted by Gasteiger charge is 2.22. The minimum absolute atomic E-state index is 0.219. The summed E-state index contributed by atoms with van der Waals surface area (Å²) in [5.41, 5.74) is 0.148. The maximum atomic E-state index is 11.9. The number of aliphatic hydroxyl groups excluding tert-OH is 1. The molecule has 1 aromatic rings. The number of carbonyl (C=O) groups excluding carboxylic acids is 2. The highest BCUT2D eigenvalue weighted by Crippen LogP contribution is 2.29. The third kappa shape index (κ3) is 5.73. The van der Waals surface area contributed by atoms with Crippen LogP contribution in [0.15, 0.2) is 18.2 Å². The van der Waals surface area contributed by atoms with Gasteiger partial charge in [-0.25, -0.2) is 0 Å². The van der Waals surface area contributed by atoms with E-state index in [4.69, 9.17) is 9.47 Å². The molecule has 1 unspecified atom stereocenters. The molecule has 1 rings (SSSR count). The van der Waals surface area contributed by atoms with Crippen molar-refractivity contribution in [2.75, 3.05) is 26.1 Å². The van der Waals surface area contributed by atoms with Crippen LogP contribution in [0.2, 0.25) is 0 Å². The summed E-state index contributed by atoms with van der Waals surface area (Å²) in [6.07, 6.45) is -0.189. The first-order valence-corrected chi connectivity index (χ1v) is 7.68. The second-order valence-electron chi connectivity index (χ2n) is 6.45. The van der Waals surface area contributed by atoms with E-state index in [0.29, 0.717) is 23.6 Å². The summed E-state index contributed by atoms with van der Waals surface area (Å²) in [4.78, 5) is 23.7. The third-order valence-corrected chi connectivity index (χ3v) is 3.55. The Hall–Kier alpha value is -2.28. The SMILES string of the molecule is COc1ccc(NC(=O)C(=O)NCCC(O)C(C)(C)C)cc1OC.